The molecule has 0 aliphatic carbocycles. The number of benzene rings is 1. The van der Waals surface area contributed by atoms with Gasteiger partial charge in [0.1, 0.15) is 0 Å². The number of halogens is 1. The third-order valence-corrected chi connectivity index (χ3v) is 3.91. The Bertz CT molecular complexity index is 366. The summed E-state index contributed by atoms with van der Waals surface area (Å²) in [7, 11) is 0. The Balaban J connectivity index is 2.40. The maximum atomic E-state index is 6.29. The molecule has 0 heterocycles. The Morgan fingerprint density at radius 2 is 1.84 bits per heavy atom. The van der Waals surface area contributed by atoms with Gasteiger partial charge in [0, 0.05) is 11.1 Å². The van der Waals surface area contributed by atoms with Gasteiger partial charge in [0.05, 0.1) is 0 Å². The highest BCUT2D eigenvalue weighted by molar-refractivity contribution is 6.31. The highest BCUT2D eigenvalue weighted by Gasteiger charge is 2.12. The zero-order valence-electron chi connectivity index (χ0n) is 12.2. The molecule has 0 aromatic heterocycles. The summed E-state index contributed by atoms with van der Waals surface area (Å²) in [6.07, 6.45) is 8.85. The van der Waals surface area contributed by atoms with Crippen molar-refractivity contribution in [2.24, 2.45) is 5.84 Å². The summed E-state index contributed by atoms with van der Waals surface area (Å²) in [4.78, 5) is 0. The molecule has 0 amide bonds. The molecule has 2 nitrogen and oxygen atoms in total. The molecule has 1 aromatic carbocycles. The lowest BCUT2D eigenvalue weighted by atomic mass is 9.99. The van der Waals surface area contributed by atoms with Gasteiger partial charge in [-0.05, 0) is 30.5 Å². The Hall–Kier alpha value is -0.570. The van der Waals surface area contributed by atoms with E-state index in [-0.39, 0.29) is 6.04 Å². The Morgan fingerprint density at radius 1 is 1.16 bits per heavy atom. The van der Waals surface area contributed by atoms with Gasteiger partial charge in [-0.3, -0.25) is 11.3 Å². The van der Waals surface area contributed by atoms with E-state index in [2.05, 4.69) is 24.5 Å². The molecular formula is C16H27ClN2. The highest BCUT2D eigenvalue weighted by atomic mass is 35.5. The predicted molar refractivity (Wildman–Crippen MR) is 84.2 cm³/mol. The fourth-order valence-corrected chi connectivity index (χ4v) is 2.74. The first kappa shape index (κ1) is 16.5. The molecule has 0 radical (unpaired) electrons. The molecule has 1 atom stereocenters. The van der Waals surface area contributed by atoms with Gasteiger partial charge in [0.25, 0.3) is 0 Å². The van der Waals surface area contributed by atoms with E-state index >= 15 is 0 Å². The van der Waals surface area contributed by atoms with E-state index in [0.29, 0.717) is 0 Å². The molecule has 1 rings (SSSR count). The number of hydrogen-bond acceptors (Lipinski definition) is 2. The quantitative estimate of drug-likeness (QED) is 0.384. The summed E-state index contributed by atoms with van der Waals surface area (Å²) >= 11 is 6.29. The van der Waals surface area contributed by atoms with Crippen molar-refractivity contribution in [3.63, 3.8) is 0 Å². The second kappa shape index (κ2) is 9.35. The molecule has 19 heavy (non-hydrogen) atoms. The van der Waals surface area contributed by atoms with Crippen LogP contribution < -0.4 is 11.3 Å². The number of nitrogens with one attached hydrogen (secondary N) is 1. The van der Waals surface area contributed by atoms with Crippen molar-refractivity contribution >= 4 is 11.6 Å². The molecule has 0 aliphatic heterocycles. The third kappa shape index (κ3) is 5.94. The van der Waals surface area contributed by atoms with Gasteiger partial charge in [-0.1, -0.05) is 69.2 Å². The van der Waals surface area contributed by atoms with E-state index in [1.807, 2.05) is 13.0 Å². The maximum absolute atomic E-state index is 6.29. The lowest BCUT2D eigenvalue weighted by molar-refractivity contribution is 0.477. The van der Waals surface area contributed by atoms with Gasteiger partial charge in [-0.25, -0.2) is 0 Å². The van der Waals surface area contributed by atoms with Gasteiger partial charge in [-0.15, -0.1) is 0 Å². The molecule has 0 aliphatic rings. The minimum Gasteiger partial charge on any atom is -0.271 e. The van der Waals surface area contributed by atoms with Crippen molar-refractivity contribution in [2.45, 2.75) is 64.8 Å². The summed E-state index contributed by atoms with van der Waals surface area (Å²) in [5, 5.41) is 0.814. The summed E-state index contributed by atoms with van der Waals surface area (Å²) < 4.78 is 0. The topological polar surface area (TPSA) is 38.0 Å². The second-order valence-electron chi connectivity index (χ2n) is 5.30. The zero-order chi connectivity index (χ0) is 14.1. The Morgan fingerprint density at radius 3 is 2.47 bits per heavy atom. The largest absolute Gasteiger partial charge is 0.271 e. The molecule has 108 valence electrons. The summed E-state index contributed by atoms with van der Waals surface area (Å²) in [6, 6.07) is 6.34. The Labute approximate surface area is 122 Å². The van der Waals surface area contributed by atoms with Crippen LogP contribution in [0.1, 0.15) is 69.0 Å². The molecule has 0 saturated carbocycles. The predicted octanol–water partition coefficient (Wildman–Crippen LogP) is 4.90. The van der Waals surface area contributed by atoms with Crippen molar-refractivity contribution in [1.29, 1.82) is 0 Å². The van der Waals surface area contributed by atoms with E-state index in [4.69, 9.17) is 17.4 Å². The van der Waals surface area contributed by atoms with Gasteiger partial charge in [-0.2, -0.15) is 0 Å². The molecule has 0 fully saturated rings. The molecule has 3 N–H and O–H groups in total. The molecule has 0 bridgehead atoms. The molecule has 0 spiro atoms. The van der Waals surface area contributed by atoms with E-state index in [1.165, 1.54) is 44.1 Å². The Kier molecular flexibility index (Phi) is 8.11. The minimum atomic E-state index is 0.166. The first-order valence-electron chi connectivity index (χ1n) is 7.41. The van der Waals surface area contributed by atoms with E-state index < -0.39 is 0 Å². The van der Waals surface area contributed by atoms with Crippen LogP contribution in [0.3, 0.4) is 0 Å². The summed E-state index contributed by atoms with van der Waals surface area (Å²) in [5.74, 6) is 5.67. The van der Waals surface area contributed by atoms with Gasteiger partial charge in [0.2, 0.25) is 0 Å². The summed E-state index contributed by atoms with van der Waals surface area (Å²) in [5.41, 5.74) is 5.19. The second-order valence-corrected chi connectivity index (χ2v) is 5.71. The van der Waals surface area contributed by atoms with Crippen molar-refractivity contribution in [3.05, 3.63) is 34.3 Å². The summed E-state index contributed by atoms with van der Waals surface area (Å²) in [6.45, 7) is 4.29. The smallest absolute Gasteiger partial charge is 0.0474 e. The SMILES string of the molecule is CCCCCCCCC(NN)c1ccc(C)cc1Cl. The minimum absolute atomic E-state index is 0.166. The average molecular weight is 283 g/mol. The molecular weight excluding hydrogens is 256 g/mol. The van der Waals surface area contributed by atoms with Crippen LogP contribution in [0, 0.1) is 6.92 Å². The molecule has 1 unspecified atom stereocenters. The van der Waals surface area contributed by atoms with Crippen LogP contribution in [0.15, 0.2) is 18.2 Å². The third-order valence-electron chi connectivity index (χ3n) is 3.58. The number of nitrogens with two attached hydrogens (primary N) is 1. The van der Waals surface area contributed by atoms with Crippen LogP contribution in [0.4, 0.5) is 0 Å². The van der Waals surface area contributed by atoms with Gasteiger partial charge < -0.3 is 0 Å². The van der Waals surface area contributed by atoms with Crippen LogP contribution in [0.2, 0.25) is 5.02 Å². The number of unbranched alkanes of at least 4 members (excludes halogenated alkanes) is 5. The first-order valence-corrected chi connectivity index (χ1v) is 7.79. The lowest BCUT2D eigenvalue weighted by Gasteiger charge is -2.18. The number of aryl methyl sites for hydroxylation is 1. The number of hydrazine groups is 1. The molecule has 1 aromatic rings. The molecule has 3 heteroatoms. The van der Waals surface area contributed by atoms with Crippen molar-refractivity contribution < 1.29 is 0 Å². The van der Waals surface area contributed by atoms with E-state index in [0.717, 1.165) is 17.0 Å². The monoisotopic (exact) mass is 282 g/mol. The van der Waals surface area contributed by atoms with Crippen molar-refractivity contribution in [2.75, 3.05) is 0 Å². The fraction of sp³-hybridized carbons (Fsp3) is 0.625. The normalized spacial score (nSPS) is 12.6. The van der Waals surface area contributed by atoms with E-state index in [1.54, 1.807) is 0 Å². The van der Waals surface area contributed by atoms with Crippen LogP contribution >= 0.6 is 11.6 Å². The average Bonchev–Trinajstić information content (AvgIpc) is 2.39. The molecule has 0 saturated heterocycles. The first-order chi connectivity index (χ1) is 9.19. The van der Waals surface area contributed by atoms with Crippen molar-refractivity contribution in [1.82, 2.24) is 5.43 Å². The number of hydrogen-bond donors (Lipinski definition) is 2. The number of rotatable bonds is 9. The lowest BCUT2D eigenvalue weighted by Crippen LogP contribution is -2.28. The zero-order valence-corrected chi connectivity index (χ0v) is 13.0. The van der Waals surface area contributed by atoms with Gasteiger partial charge in [0.15, 0.2) is 0 Å². The van der Waals surface area contributed by atoms with Crippen molar-refractivity contribution in [3.8, 4) is 0 Å². The standard InChI is InChI=1S/C16H27ClN2/c1-3-4-5-6-7-8-9-16(19-18)14-11-10-13(2)12-15(14)17/h10-12,16,19H,3-9,18H2,1-2H3. The van der Waals surface area contributed by atoms with Gasteiger partial charge >= 0.3 is 0 Å². The van der Waals surface area contributed by atoms with Crippen LogP contribution in [0.5, 0.6) is 0 Å². The van der Waals surface area contributed by atoms with Crippen LogP contribution in [0.25, 0.3) is 0 Å². The van der Waals surface area contributed by atoms with Crippen LogP contribution in [-0.2, 0) is 0 Å². The maximum Gasteiger partial charge on any atom is 0.0474 e. The van der Waals surface area contributed by atoms with Crippen LogP contribution in [-0.4, -0.2) is 0 Å². The highest BCUT2D eigenvalue weighted by Crippen LogP contribution is 2.27. The fourth-order valence-electron chi connectivity index (χ4n) is 2.37. The van der Waals surface area contributed by atoms with E-state index in [9.17, 15) is 0 Å².